The average molecular weight is 353 g/mol. The number of hydrogen-bond donors (Lipinski definition) is 2. The van der Waals surface area contributed by atoms with Crippen molar-refractivity contribution in [1.82, 2.24) is 9.80 Å². The summed E-state index contributed by atoms with van der Waals surface area (Å²) in [5, 5.41) is 12.7. The number of phenolic OH excluding ortho intramolecular Hbond substituents is 1. The molecule has 0 spiro atoms. The van der Waals surface area contributed by atoms with E-state index >= 15 is 0 Å². The molecule has 0 atom stereocenters. The van der Waals surface area contributed by atoms with Gasteiger partial charge < -0.3 is 15.3 Å². The maximum atomic E-state index is 12.4. The minimum absolute atomic E-state index is 0.136. The molecule has 2 aromatic carbocycles. The Hall–Kier alpha value is -2.37. The highest BCUT2D eigenvalue weighted by atomic mass is 16.3. The zero-order chi connectivity index (χ0) is 18.7. The van der Waals surface area contributed by atoms with Crippen LogP contribution in [0.5, 0.6) is 5.75 Å². The number of likely N-dealkylation sites (N-methyl/N-ethyl adjacent to an activating group) is 1. The number of aryl methyl sites for hydroxylation is 2. The third-order valence-electron chi connectivity index (χ3n) is 5.06. The fourth-order valence-corrected chi connectivity index (χ4v) is 3.15. The summed E-state index contributed by atoms with van der Waals surface area (Å²) in [6.45, 7) is 9.22. The predicted octanol–water partition coefficient (Wildman–Crippen LogP) is 3.01. The number of hydrogen-bond acceptors (Lipinski definition) is 4. The third-order valence-corrected chi connectivity index (χ3v) is 5.06. The second-order valence-corrected chi connectivity index (χ2v) is 7.18. The Labute approximate surface area is 155 Å². The van der Waals surface area contributed by atoms with Gasteiger partial charge in [-0.2, -0.15) is 0 Å². The minimum atomic E-state index is -0.216. The first-order valence-corrected chi connectivity index (χ1v) is 9.04. The van der Waals surface area contributed by atoms with Gasteiger partial charge in [-0.25, -0.2) is 0 Å². The molecular formula is C21H27N3O2. The van der Waals surface area contributed by atoms with Gasteiger partial charge in [0.25, 0.3) is 5.91 Å². The molecule has 5 heteroatoms. The molecule has 26 heavy (non-hydrogen) atoms. The number of benzene rings is 2. The molecule has 138 valence electrons. The Bertz CT molecular complexity index is 796. The van der Waals surface area contributed by atoms with Crippen LogP contribution in [0.2, 0.25) is 0 Å². The molecule has 1 amide bonds. The van der Waals surface area contributed by atoms with E-state index in [2.05, 4.69) is 35.2 Å². The second-order valence-electron chi connectivity index (χ2n) is 7.18. The summed E-state index contributed by atoms with van der Waals surface area (Å²) in [7, 11) is 2.16. The number of carbonyl (C=O) groups excluding carboxylic acids is 1. The fraction of sp³-hybridized carbons (Fsp3) is 0.381. The molecule has 0 aromatic heterocycles. The molecule has 0 bridgehead atoms. The first-order valence-electron chi connectivity index (χ1n) is 9.04. The molecule has 0 saturated carbocycles. The number of piperazine rings is 1. The molecule has 2 aromatic rings. The van der Waals surface area contributed by atoms with Gasteiger partial charge in [-0.1, -0.05) is 12.1 Å². The molecule has 0 aliphatic carbocycles. The van der Waals surface area contributed by atoms with Gasteiger partial charge in [0.1, 0.15) is 5.75 Å². The van der Waals surface area contributed by atoms with Crippen molar-refractivity contribution in [3.05, 3.63) is 58.7 Å². The van der Waals surface area contributed by atoms with E-state index < -0.39 is 0 Å². The summed E-state index contributed by atoms with van der Waals surface area (Å²) in [6.07, 6.45) is 0. The van der Waals surface area contributed by atoms with E-state index in [9.17, 15) is 9.90 Å². The number of anilines is 1. The number of aromatic hydroxyl groups is 1. The molecule has 1 saturated heterocycles. The molecular weight excluding hydrogens is 326 g/mol. The quantitative estimate of drug-likeness (QED) is 0.887. The van der Waals surface area contributed by atoms with Crippen molar-refractivity contribution in [2.24, 2.45) is 0 Å². The van der Waals surface area contributed by atoms with E-state index in [0.29, 0.717) is 5.56 Å². The Morgan fingerprint density at radius 3 is 2.42 bits per heavy atom. The first kappa shape index (κ1) is 18.4. The zero-order valence-electron chi connectivity index (χ0n) is 15.7. The van der Waals surface area contributed by atoms with Crippen LogP contribution in [0, 0.1) is 13.8 Å². The van der Waals surface area contributed by atoms with Crippen LogP contribution in [0.4, 0.5) is 5.69 Å². The Balaban J connectivity index is 1.65. The normalized spacial score (nSPS) is 15.8. The van der Waals surface area contributed by atoms with Crippen molar-refractivity contribution < 1.29 is 9.90 Å². The lowest BCUT2D eigenvalue weighted by Crippen LogP contribution is -2.43. The first-order chi connectivity index (χ1) is 12.4. The zero-order valence-corrected chi connectivity index (χ0v) is 15.7. The van der Waals surface area contributed by atoms with Gasteiger partial charge in [0.15, 0.2) is 0 Å². The van der Waals surface area contributed by atoms with Gasteiger partial charge in [0.2, 0.25) is 0 Å². The lowest BCUT2D eigenvalue weighted by Gasteiger charge is -2.32. The van der Waals surface area contributed by atoms with Crippen LogP contribution in [0.1, 0.15) is 27.0 Å². The number of rotatable bonds is 4. The van der Waals surface area contributed by atoms with Crippen molar-refractivity contribution in [2.45, 2.75) is 20.4 Å². The van der Waals surface area contributed by atoms with Gasteiger partial charge in [-0.3, -0.25) is 9.69 Å². The summed E-state index contributed by atoms with van der Waals surface area (Å²) in [4.78, 5) is 17.2. The lowest BCUT2D eigenvalue weighted by molar-refractivity contribution is 0.102. The third kappa shape index (κ3) is 4.42. The molecule has 1 aliphatic rings. The topological polar surface area (TPSA) is 55.8 Å². The Morgan fingerprint density at radius 2 is 1.77 bits per heavy atom. The van der Waals surface area contributed by atoms with E-state index in [1.165, 1.54) is 17.2 Å². The van der Waals surface area contributed by atoms with Crippen LogP contribution in [0.15, 0.2) is 36.4 Å². The Morgan fingerprint density at radius 1 is 1.04 bits per heavy atom. The molecule has 1 heterocycles. The molecule has 0 unspecified atom stereocenters. The molecule has 5 nitrogen and oxygen atoms in total. The summed E-state index contributed by atoms with van der Waals surface area (Å²) in [5.74, 6) is -0.0807. The maximum absolute atomic E-state index is 12.4. The largest absolute Gasteiger partial charge is 0.508 e. The van der Waals surface area contributed by atoms with Gasteiger partial charge in [-0.05, 0) is 61.9 Å². The van der Waals surface area contributed by atoms with E-state index in [-0.39, 0.29) is 11.7 Å². The molecule has 1 fully saturated rings. The smallest absolute Gasteiger partial charge is 0.255 e. The summed E-state index contributed by atoms with van der Waals surface area (Å²) in [5.41, 5.74) is 4.45. The van der Waals surface area contributed by atoms with E-state index in [0.717, 1.165) is 44.0 Å². The number of nitrogens with zero attached hydrogens (tertiary/aromatic N) is 2. The van der Waals surface area contributed by atoms with Crippen molar-refractivity contribution in [3.63, 3.8) is 0 Å². The van der Waals surface area contributed by atoms with Crippen LogP contribution in [0.3, 0.4) is 0 Å². The van der Waals surface area contributed by atoms with E-state index in [1.807, 2.05) is 12.1 Å². The average Bonchev–Trinajstić information content (AvgIpc) is 2.61. The number of phenols is 1. The minimum Gasteiger partial charge on any atom is -0.508 e. The highest BCUT2D eigenvalue weighted by Gasteiger charge is 2.15. The predicted molar refractivity (Wildman–Crippen MR) is 105 cm³/mol. The number of nitrogens with one attached hydrogen (secondary N) is 1. The van der Waals surface area contributed by atoms with Crippen LogP contribution in [-0.2, 0) is 6.54 Å². The molecule has 2 N–H and O–H groups in total. The monoisotopic (exact) mass is 353 g/mol. The SMILES string of the molecule is Cc1ccc(C(=O)Nc2ccc(CN3CCN(C)CC3)c(C)c2)cc1O. The van der Waals surface area contributed by atoms with Gasteiger partial charge in [0.05, 0.1) is 0 Å². The van der Waals surface area contributed by atoms with Crippen molar-refractivity contribution in [3.8, 4) is 5.75 Å². The van der Waals surface area contributed by atoms with Gasteiger partial charge in [0, 0.05) is 44.0 Å². The van der Waals surface area contributed by atoms with Crippen molar-refractivity contribution in [2.75, 3.05) is 38.5 Å². The standard InChI is InChI=1S/C21H27N3O2/c1-15-4-5-17(13-20(15)25)21(26)22-19-7-6-18(16(2)12-19)14-24-10-8-23(3)9-11-24/h4-7,12-13,25H,8-11,14H2,1-3H3,(H,22,26). The van der Waals surface area contributed by atoms with E-state index in [4.69, 9.17) is 0 Å². The highest BCUT2D eigenvalue weighted by molar-refractivity contribution is 6.04. The highest BCUT2D eigenvalue weighted by Crippen LogP contribution is 2.21. The van der Waals surface area contributed by atoms with Crippen LogP contribution < -0.4 is 5.32 Å². The van der Waals surface area contributed by atoms with Crippen LogP contribution in [0.25, 0.3) is 0 Å². The fourth-order valence-electron chi connectivity index (χ4n) is 3.15. The van der Waals surface area contributed by atoms with Crippen LogP contribution >= 0.6 is 0 Å². The van der Waals surface area contributed by atoms with Crippen molar-refractivity contribution >= 4 is 11.6 Å². The summed E-state index contributed by atoms with van der Waals surface area (Å²) >= 11 is 0. The summed E-state index contributed by atoms with van der Waals surface area (Å²) in [6, 6.07) is 11.0. The second kappa shape index (κ2) is 7.89. The number of carbonyl (C=O) groups is 1. The van der Waals surface area contributed by atoms with Crippen molar-refractivity contribution in [1.29, 1.82) is 0 Å². The molecule has 3 rings (SSSR count). The van der Waals surface area contributed by atoms with Gasteiger partial charge in [-0.15, -0.1) is 0 Å². The van der Waals surface area contributed by atoms with Gasteiger partial charge >= 0.3 is 0 Å². The molecule has 0 radical (unpaired) electrons. The van der Waals surface area contributed by atoms with E-state index in [1.54, 1.807) is 19.1 Å². The maximum Gasteiger partial charge on any atom is 0.255 e. The lowest BCUT2D eigenvalue weighted by atomic mass is 10.1. The van der Waals surface area contributed by atoms with Crippen LogP contribution in [-0.4, -0.2) is 54.0 Å². The number of amides is 1. The molecule has 1 aliphatic heterocycles. The Kier molecular flexibility index (Phi) is 5.59. The summed E-state index contributed by atoms with van der Waals surface area (Å²) < 4.78 is 0.